The maximum absolute atomic E-state index is 5.64. The molecule has 1 rings (SSSR count). The Morgan fingerprint density at radius 2 is 2.31 bits per heavy atom. The lowest BCUT2D eigenvalue weighted by Crippen LogP contribution is -2.10. The Morgan fingerprint density at radius 3 is 3.00 bits per heavy atom. The Morgan fingerprint density at radius 1 is 1.50 bits per heavy atom. The van der Waals surface area contributed by atoms with Crippen molar-refractivity contribution in [2.45, 2.75) is 33.3 Å². The Bertz CT molecular complexity index is 377. The second-order valence-electron chi connectivity index (χ2n) is 3.62. The molecule has 0 radical (unpaired) electrons. The molecule has 0 aliphatic heterocycles. The van der Waals surface area contributed by atoms with Gasteiger partial charge in [-0.15, -0.1) is 11.8 Å². The molecule has 0 atom stereocenters. The van der Waals surface area contributed by atoms with Crippen molar-refractivity contribution in [3.8, 4) is 17.6 Å². The monoisotopic (exact) mass is 218 g/mol. The fourth-order valence-electron chi connectivity index (χ4n) is 1.24. The van der Waals surface area contributed by atoms with Crippen molar-refractivity contribution in [3.63, 3.8) is 0 Å². The minimum atomic E-state index is 0.153. The lowest BCUT2D eigenvalue weighted by atomic mass is 10.3. The number of ether oxygens (including phenoxy) is 1. The molecular formula is C13H18N2O. The van der Waals surface area contributed by atoms with Gasteiger partial charge in [-0.2, -0.15) is 0 Å². The van der Waals surface area contributed by atoms with E-state index in [0.29, 0.717) is 0 Å². The van der Waals surface area contributed by atoms with E-state index in [2.05, 4.69) is 22.1 Å². The summed E-state index contributed by atoms with van der Waals surface area (Å²) in [5.74, 6) is 7.44. The summed E-state index contributed by atoms with van der Waals surface area (Å²) in [6.45, 7) is 6.62. The van der Waals surface area contributed by atoms with Crippen LogP contribution in [0.1, 0.15) is 27.2 Å². The molecule has 1 aromatic heterocycles. The van der Waals surface area contributed by atoms with Crippen molar-refractivity contribution < 1.29 is 4.74 Å². The van der Waals surface area contributed by atoms with Gasteiger partial charge >= 0.3 is 0 Å². The fourth-order valence-corrected chi connectivity index (χ4v) is 1.24. The molecule has 0 aromatic carbocycles. The van der Waals surface area contributed by atoms with Crippen LogP contribution in [0.25, 0.3) is 0 Å². The van der Waals surface area contributed by atoms with Gasteiger partial charge in [-0.1, -0.05) is 0 Å². The largest absolute Gasteiger partial charge is 0.487 e. The molecule has 16 heavy (non-hydrogen) atoms. The van der Waals surface area contributed by atoms with Gasteiger partial charge in [0, 0.05) is 19.2 Å². The van der Waals surface area contributed by atoms with Crippen LogP contribution in [0.5, 0.6) is 5.75 Å². The van der Waals surface area contributed by atoms with Gasteiger partial charge in [0.1, 0.15) is 0 Å². The van der Waals surface area contributed by atoms with Crippen LogP contribution in [0.4, 0.5) is 5.82 Å². The number of anilines is 1. The van der Waals surface area contributed by atoms with E-state index in [-0.39, 0.29) is 6.10 Å². The van der Waals surface area contributed by atoms with Crippen molar-refractivity contribution in [2.75, 3.05) is 11.9 Å². The van der Waals surface area contributed by atoms with Crippen LogP contribution in [0.15, 0.2) is 18.3 Å². The smallest absolute Gasteiger partial charge is 0.168 e. The highest BCUT2D eigenvalue weighted by atomic mass is 16.5. The van der Waals surface area contributed by atoms with Crippen LogP contribution < -0.4 is 10.1 Å². The quantitative estimate of drug-likeness (QED) is 0.609. The fraction of sp³-hybridized carbons (Fsp3) is 0.462. The molecule has 1 aromatic rings. The highest BCUT2D eigenvalue weighted by Gasteiger charge is 2.04. The molecule has 1 heterocycles. The third-order valence-electron chi connectivity index (χ3n) is 1.85. The van der Waals surface area contributed by atoms with Gasteiger partial charge in [0.15, 0.2) is 11.6 Å². The summed E-state index contributed by atoms with van der Waals surface area (Å²) in [5.41, 5.74) is 0. The second kappa shape index (κ2) is 6.73. The van der Waals surface area contributed by atoms with Crippen LogP contribution in [0.3, 0.4) is 0 Å². The molecule has 0 unspecified atom stereocenters. The minimum absolute atomic E-state index is 0.153. The minimum Gasteiger partial charge on any atom is -0.487 e. The summed E-state index contributed by atoms with van der Waals surface area (Å²) >= 11 is 0. The normalized spacial score (nSPS) is 9.50. The van der Waals surface area contributed by atoms with Gasteiger partial charge in [-0.3, -0.25) is 0 Å². The molecule has 0 saturated heterocycles. The Hall–Kier alpha value is -1.69. The van der Waals surface area contributed by atoms with Crippen molar-refractivity contribution in [3.05, 3.63) is 18.3 Å². The van der Waals surface area contributed by atoms with E-state index >= 15 is 0 Å². The molecule has 3 heteroatoms. The number of hydrogen-bond donors (Lipinski definition) is 1. The van der Waals surface area contributed by atoms with E-state index in [9.17, 15) is 0 Å². The summed E-state index contributed by atoms with van der Waals surface area (Å²) in [5, 5.41) is 3.21. The van der Waals surface area contributed by atoms with Crippen molar-refractivity contribution in [1.82, 2.24) is 4.98 Å². The zero-order valence-corrected chi connectivity index (χ0v) is 10.1. The second-order valence-corrected chi connectivity index (χ2v) is 3.62. The SMILES string of the molecule is CC#CCCNc1ncccc1OC(C)C. The number of pyridine rings is 1. The topological polar surface area (TPSA) is 34.2 Å². The van der Waals surface area contributed by atoms with E-state index in [1.165, 1.54) is 0 Å². The molecule has 0 bridgehead atoms. The third-order valence-corrected chi connectivity index (χ3v) is 1.85. The van der Waals surface area contributed by atoms with E-state index in [1.807, 2.05) is 32.9 Å². The van der Waals surface area contributed by atoms with Crippen molar-refractivity contribution >= 4 is 5.82 Å². The number of nitrogens with one attached hydrogen (secondary N) is 1. The van der Waals surface area contributed by atoms with Gasteiger partial charge in [0.2, 0.25) is 0 Å². The first-order valence-corrected chi connectivity index (χ1v) is 5.49. The molecule has 0 amide bonds. The molecule has 0 saturated carbocycles. The van der Waals surface area contributed by atoms with Gasteiger partial charge in [-0.25, -0.2) is 4.98 Å². The summed E-state index contributed by atoms with van der Waals surface area (Å²) < 4.78 is 5.64. The molecule has 0 aliphatic rings. The van der Waals surface area contributed by atoms with Gasteiger partial charge < -0.3 is 10.1 Å². The third kappa shape index (κ3) is 4.22. The number of rotatable bonds is 5. The molecular weight excluding hydrogens is 200 g/mol. The summed E-state index contributed by atoms with van der Waals surface area (Å²) in [6.07, 6.45) is 2.72. The van der Waals surface area contributed by atoms with E-state index in [4.69, 9.17) is 4.74 Å². The zero-order valence-electron chi connectivity index (χ0n) is 10.1. The van der Waals surface area contributed by atoms with Crippen molar-refractivity contribution in [1.29, 1.82) is 0 Å². The summed E-state index contributed by atoms with van der Waals surface area (Å²) in [6, 6.07) is 3.79. The van der Waals surface area contributed by atoms with Crippen LogP contribution in [-0.4, -0.2) is 17.6 Å². The first-order valence-electron chi connectivity index (χ1n) is 5.49. The average Bonchev–Trinajstić information content (AvgIpc) is 2.26. The maximum Gasteiger partial charge on any atom is 0.168 e. The molecule has 0 aliphatic carbocycles. The van der Waals surface area contributed by atoms with Crippen LogP contribution >= 0.6 is 0 Å². The molecule has 3 nitrogen and oxygen atoms in total. The Kier molecular flexibility index (Phi) is 5.21. The van der Waals surface area contributed by atoms with Crippen LogP contribution in [-0.2, 0) is 0 Å². The Labute approximate surface area is 97.2 Å². The predicted molar refractivity (Wildman–Crippen MR) is 66.6 cm³/mol. The summed E-state index contributed by atoms with van der Waals surface area (Å²) in [4.78, 5) is 4.25. The molecule has 0 spiro atoms. The highest BCUT2D eigenvalue weighted by Crippen LogP contribution is 2.21. The van der Waals surface area contributed by atoms with E-state index < -0.39 is 0 Å². The molecule has 1 N–H and O–H groups in total. The lowest BCUT2D eigenvalue weighted by molar-refractivity contribution is 0.243. The van der Waals surface area contributed by atoms with Crippen LogP contribution in [0, 0.1) is 11.8 Å². The van der Waals surface area contributed by atoms with E-state index in [0.717, 1.165) is 24.5 Å². The standard InChI is InChI=1S/C13H18N2O/c1-4-5-6-9-14-13-12(16-11(2)3)8-7-10-15-13/h7-8,10-11H,6,9H2,1-3H3,(H,14,15). The number of hydrogen-bond acceptors (Lipinski definition) is 3. The highest BCUT2D eigenvalue weighted by molar-refractivity contribution is 5.49. The average molecular weight is 218 g/mol. The number of nitrogens with zero attached hydrogens (tertiary/aromatic N) is 1. The van der Waals surface area contributed by atoms with Crippen molar-refractivity contribution in [2.24, 2.45) is 0 Å². The first-order chi connectivity index (χ1) is 7.74. The molecule has 0 fully saturated rings. The van der Waals surface area contributed by atoms with Gasteiger partial charge in [0.25, 0.3) is 0 Å². The summed E-state index contributed by atoms with van der Waals surface area (Å²) in [7, 11) is 0. The Balaban J connectivity index is 2.58. The van der Waals surface area contributed by atoms with Gasteiger partial charge in [-0.05, 0) is 32.9 Å². The number of aromatic nitrogens is 1. The lowest BCUT2D eigenvalue weighted by Gasteiger charge is -2.13. The van der Waals surface area contributed by atoms with Gasteiger partial charge in [0.05, 0.1) is 6.10 Å². The zero-order chi connectivity index (χ0) is 11.8. The van der Waals surface area contributed by atoms with E-state index in [1.54, 1.807) is 6.20 Å². The molecule has 86 valence electrons. The maximum atomic E-state index is 5.64. The first kappa shape index (κ1) is 12.4. The van der Waals surface area contributed by atoms with Crippen LogP contribution in [0.2, 0.25) is 0 Å². The predicted octanol–water partition coefficient (Wildman–Crippen LogP) is 2.69.